The Morgan fingerprint density at radius 2 is 2.21 bits per heavy atom. The molecule has 104 valence electrons. The molecule has 5 heteroatoms. The summed E-state index contributed by atoms with van der Waals surface area (Å²) in [5.41, 5.74) is 1.98. The highest BCUT2D eigenvalue weighted by Crippen LogP contribution is 2.23. The summed E-state index contributed by atoms with van der Waals surface area (Å²) in [6, 6.07) is 2.16. The van der Waals surface area contributed by atoms with Crippen LogP contribution < -0.4 is 5.32 Å². The lowest BCUT2D eigenvalue weighted by Gasteiger charge is -2.08. The van der Waals surface area contributed by atoms with Crippen LogP contribution in [0.2, 0.25) is 0 Å². The number of hydrogen-bond acceptors (Lipinski definition) is 4. The molecule has 2 aromatic rings. The maximum atomic E-state index is 5.85. The molecule has 1 N–H and O–H groups in total. The van der Waals surface area contributed by atoms with Gasteiger partial charge in [0.15, 0.2) is 5.76 Å². The summed E-state index contributed by atoms with van der Waals surface area (Å²) < 4.78 is 7.78. The van der Waals surface area contributed by atoms with E-state index in [4.69, 9.17) is 4.42 Å². The number of nitrogens with one attached hydrogen (secondary N) is 1. The van der Waals surface area contributed by atoms with Crippen molar-refractivity contribution < 1.29 is 4.42 Å². The van der Waals surface area contributed by atoms with Crippen molar-refractivity contribution in [3.8, 4) is 11.5 Å². The average molecular weight is 262 g/mol. The van der Waals surface area contributed by atoms with Crippen LogP contribution in [0.3, 0.4) is 0 Å². The van der Waals surface area contributed by atoms with Gasteiger partial charge in [-0.25, -0.2) is 4.98 Å². The van der Waals surface area contributed by atoms with Crippen LogP contribution in [0.15, 0.2) is 16.7 Å². The van der Waals surface area contributed by atoms with Crippen molar-refractivity contribution in [1.82, 2.24) is 20.1 Å². The van der Waals surface area contributed by atoms with Gasteiger partial charge >= 0.3 is 0 Å². The lowest BCUT2D eigenvalue weighted by molar-refractivity contribution is 0.421. The van der Waals surface area contributed by atoms with E-state index in [1.165, 1.54) is 0 Å². The summed E-state index contributed by atoms with van der Waals surface area (Å²) in [6.07, 6.45) is 2.88. The van der Waals surface area contributed by atoms with Crippen LogP contribution in [0, 0.1) is 6.92 Å². The highest BCUT2D eigenvalue weighted by molar-refractivity contribution is 5.52. The van der Waals surface area contributed by atoms with Crippen LogP contribution in [-0.2, 0) is 6.54 Å². The highest BCUT2D eigenvalue weighted by atomic mass is 16.4. The fraction of sp³-hybridized carbons (Fsp3) is 0.571. The minimum absolute atomic E-state index is 0.132. The van der Waals surface area contributed by atoms with Crippen molar-refractivity contribution >= 4 is 0 Å². The smallest absolute Gasteiger partial charge is 0.211 e. The molecule has 0 saturated heterocycles. The van der Waals surface area contributed by atoms with Gasteiger partial charge in [-0.15, -0.1) is 0 Å². The molecule has 0 aliphatic heterocycles. The molecule has 2 rings (SSSR count). The van der Waals surface area contributed by atoms with E-state index < -0.39 is 0 Å². The highest BCUT2D eigenvalue weighted by Gasteiger charge is 2.15. The Hall–Kier alpha value is -1.62. The minimum atomic E-state index is 0.132. The Labute approximate surface area is 114 Å². The number of rotatable bonds is 6. The molecule has 5 nitrogen and oxygen atoms in total. The average Bonchev–Trinajstić information content (AvgIpc) is 3.01. The summed E-state index contributed by atoms with van der Waals surface area (Å²) in [5, 5.41) is 7.79. The van der Waals surface area contributed by atoms with E-state index in [-0.39, 0.29) is 6.04 Å². The molecule has 0 saturated carbocycles. The summed E-state index contributed by atoms with van der Waals surface area (Å²) in [6.45, 7) is 10.0. The van der Waals surface area contributed by atoms with E-state index in [9.17, 15) is 0 Å². The first-order valence-electron chi connectivity index (χ1n) is 6.89. The standard InChI is InChI=1S/C14H22N4O/c1-5-7-15-11(4)14-16-9-13(19-14)12-8-10(3)17-18(12)6-2/h8-9,11,15H,5-7H2,1-4H3. The topological polar surface area (TPSA) is 55.9 Å². The first kappa shape index (κ1) is 13.8. The van der Waals surface area contributed by atoms with Crippen molar-refractivity contribution in [1.29, 1.82) is 0 Å². The van der Waals surface area contributed by atoms with E-state index >= 15 is 0 Å². The quantitative estimate of drug-likeness (QED) is 0.869. The van der Waals surface area contributed by atoms with Gasteiger partial charge in [-0.05, 0) is 39.8 Å². The zero-order valence-corrected chi connectivity index (χ0v) is 12.1. The van der Waals surface area contributed by atoms with Gasteiger partial charge in [0.1, 0.15) is 5.69 Å². The SMILES string of the molecule is CCCNC(C)c1ncc(-c2cc(C)nn2CC)o1. The molecule has 0 amide bonds. The van der Waals surface area contributed by atoms with Crippen molar-refractivity contribution in [2.24, 2.45) is 0 Å². The molecule has 2 heterocycles. The third-order valence-electron chi connectivity index (χ3n) is 3.05. The van der Waals surface area contributed by atoms with Crippen molar-refractivity contribution in [3.63, 3.8) is 0 Å². The predicted octanol–water partition coefficient (Wildman–Crippen LogP) is 2.93. The van der Waals surface area contributed by atoms with Gasteiger partial charge in [-0.3, -0.25) is 4.68 Å². The molecule has 1 atom stereocenters. The Balaban J connectivity index is 2.20. The Kier molecular flexibility index (Phi) is 4.37. The number of nitrogens with zero attached hydrogens (tertiary/aromatic N) is 3. The predicted molar refractivity (Wildman–Crippen MR) is 74.8 cm³/mol. The molecule has 0 spiro atoms. The summed E-state index contributed by atoms with van der Waals surface area (Å²) in [5.74, 6) is 1.51. The Morgan fingerprint density at radius 1 is 1.42 bits per heavy atom. The fourth-order valence-corrected chi connectivity index (χ4v) is 2.04. The van der Waals surface area contributed by atoms with Crippen LogP contribution in [0.25, 0.3) is 11.5 Å². The first-order valence-corrected chi connectivity index (χ1v) is 6.89. The second-order valence-electron chi connectivity index (χ2n) is 4.73. The number of oxazole rings is 1. The molecular formula is C14H22N4O. The molecule has 0 aliphatic rings. The Bertz CT molecular complexity index is 529. The van der Waals surface area contributed by atoms with Gasteiger partial charge in [-0.1, -0.05) is 6.92 Å². The molecule has 1 unspecified atom stereocenters. The van der Waals surface area contributed by atoms with E-state index in [1.807, 2.05) is 17.7 Å². The minimum Gasteiger partial charge on any atom is -0.437 e. The molecule has 0 radical (unpaired) electrons. The molecule has 0 aliphatic carbocycles. The summed E-state index contributed by atoms with van der Waals surface area (Å²) in [4.78, 5) is 4.36. The normalized spacial score (nSPS) is 12.8. The van der Waals surface area contributed by atoms with Gasteiger partial charge in [0, 0.05) is 6.54 Å². The molecule has 0 aromatic carbocycles. The molecule has 0 fully saturated rings. The van der Waals surface area contributed by atoms with E-state index in [2.05, 4.69) is 36.2 Å². The molecule has 19 heavy (non-hydrogen) atoms. The van der Waals surface area contributed by atoms with E-state index in [1.54, 1.807) is 6.20 Å². The van der Waals surface area contributed by atoms with Crippen LogP contribution in [0.5, 0.6) is 0 Å². The van der Waals surface area contributed by atoms with Crippen LogP contribution in [0.4, 0.5) is 0 Å². The van der Waals surface area contributed by atoms with Crippen molar-refractivity contribution in [2.75, 3.05) is 6.54 Å². The molecule has 0 bridgehead atoms. The zero-order valence-electron chi connectivity index (χ0n) is 12.1. The summed E-state index contributed by atoms with van der Waals surface area (Å²) >= 11 is 0. The maximum Gasteiger partial charge on any atom is 0.211 e. The van der Waals surface area contributed by atoms with Gasteiger partial charge < -0.3 is 9.73 Å². The van der Waals surface area contributed by atoms with E-state index in [0.717, 1.165) is 42.5 Å². The van der Waals surface area contributed by atoms with Gasteiger partial charge in [-0.2, -0.15) is 5.10 Å². The van der Waals surface area contributed by atoms with Gasteiger partial charge in [0.05, 0.1) is 17.9 Å². The van der Waals surface area contributed by atoms with Gasteiger partial charge in [0.25, 0.3) is 0 Å². The van der Waals surface area contributed by atoms with E-state index in [0.29, 0.717) is 0 Å². The molecular weight excluding hydrogens is 240 g/mol. The summed E-state index contributed by atoms with van der Waals surface area (Å²) in [7, 11) is 0. The second-order valence-corrected chi connectivity index (χ2v) is 4.73. The maximum absolute atomic E-state index is 5.85. The third-order valence-corrected chi connectivity index (χ3v) is 3.05. The zero-order chi connectivity index (χ0) is 13.8. The van der Waals surface area contributed by atoms with Crippen LogP contribution in [0.1, 0.15) is 44.8 Å². The first-order chi connectivity index (χ1) is 9.15. The largest absolute Gasteiger partial charge is 0.437 e. The second kappa shape index (κ2) is 6.02. The number of aromatic nitrogens is 3. The lowest BCUT2D eigenvalue weighted by atomic mass is 10.3. The van der Waals surface area contributed by atoms with Crippen LogP contribution >= 0.6 is 0 Å². The number of hydrogen-bond donors (Lipinski definition) is 1. The molecule has 2 aromatic heterocycles. The lowest BCUT2D eigenvalue weighted by Crippen LogP contribution is -2.19. The van der Waals surface area contributed by atoms with Gasteiger partial charge in [0.2, 0.25) is 5.89 Å². The third kappa shape index (κ3) is 3.04. The van der Waals surface area contributed by atoms with Crippen molar-refractivity contribution in [3.05, 3.63) is 23.8 Å². The Morgan fingerprint density at radius 3 is 2.89 bits per heavy atom. The van der Waals surface area contributed by atoms with Crippen LogP contribution in [-0.4, -0.2) is 21.3 Å². The van der Waals surface area contributed by atoms with Crippen molar-refractivity contribution in [2.45, 2.75) is 46.7 Å². The number of aryl methyl sites for hydroxylation is 2. The monoisotopic (exact) mass is 262 g/mol. The fourth-order valence-electron chi connectivity index (χ4n) is 2.04.